The number of ether oxygens (including phenoxy) is 1. The van der Waals surface area contributed by atoms with Crippen LogP contribution in [0, 0.1) is 5.92 Å². The Labute approximate surface area is 117 Å². The second kappa shape index (κ2) is 5.94. The van der Waals surface area contributed by atoms with Gasteiger partial charge in [0, 0.05) is 0 Å². The number of carbonyl (C=O) groups excluding carboxylic acids is 1. The second-order valence-electron chi connectivity index (χ2n) is 5.39. The molecule has 20 heavy (non-hydrogen) atoms. The van der Waals surface area contributed by atoms with Crippen LogP contribution in [0.15, 0.2) is 30.3 Å². The summed E-state index contributed by atoms with van der Waals surface area (Å²) in [6.07, 6.45) is 1.48. The molecule has 0 radical (unpaired) electrons. The summed E-state index contributed by atoms with van der Waals surface area (Å²) in [6, 6.07) is 9.36. The summed E-state index contributed by atoms with van der Waals surface area (Å²) >= 11 is 0. The van der Waals surface area contributed by atoms with Crippen LogP contribution in [-0.4, -0.2) is 22.7 Å². The van der Waals surface area contributed by atoms with Gasteiger partial charge < -0.3 is 15.2 Å². The van der Waals surface area contributed by atoms with E-state index in [9.17, 15) is 14.7 Å². The van der Waals surface area contributed by atoms with E-state index in [-0.39, 0.29) is 6.61 Å². The topological polar surface area (TPSA) is 75.6 Å². The molecule has 0 spiro atoms. The minimum absolute atomic E-state index is 0.181. The molecule has 1 fully saturated rings. The number of amides is 1. The van der Waals surface area contributed by atoms with Crippen molar-refractivity contribution in [3.05, 3.63) is 35.9 Å². The van der Waals surface area contributed by atoms with E-state index < -0.39 is 23.5 Å². The molecule has 1 aliphatic rings. The highest BCUT2D eigenvalue weighted by Crippen LogP contribution is 2.35. The van der Waals surface area contributed by atoms with Crippen LogP contribution in [0.25, 0.3) is 0 Å². The number of hydrogen-bond acceptors (Lipinski definition) is 3. The van der Waals surface area contributed by atoms with E-state index in [0.29, 0.717) is 12.8 Å². The average molecular weight is 277 g/mol. The summed E-state index contributed by atoms with van der Waals surface area (Å²) < 4.78 is 5.14. The number of benzene rings is 1. The molecule has 0 saturated heterocycles. The normalized spacial score (nSPS) is 25.1. The van der Waals surface area contributed by atoms with Crippen molar-refractivity contribution in [1.82, 2.24) is 5.32 Å². The van der Waals surface area contributed by atoms with Crippen LogP contribution >= 0.6 is 0 Å². The van der Waals surface area contributed by atoms with Gasteiger partial charge >= 0.3 is 12.1 Å². The predicted octanol–water partition coefficient (Wildman–Crippen LogP) is 2.56. The largest absolute Gasteiger partial charge is 0.481 e. The Kier molecular flexibility index (Phi) is 4.27. The molecular weight excluding hydrogens is 258 g/mol. The molecule has 108 valence electrons. The van der Waals surface area contributed by atoms with Gasteiger partial charge in [-0.05, 0) is 25.3 Å². The minimum atomic E-state index is -0.867. The maximum Gasteiger partial charge on any atom is 0.407 e. The van der Waals surface area contributed by atoms with Gasteiger partial charge in [0.05, 0.1) is 11.5 Å². The Morgan fingerprint density at radius 2 is 2.10 bits per heavy atom. The molecule has 0 bridgehead atoms. The van der Waals surface area contributed by atoms with Gasteiger partial charge in [0.2, 0.25) is 0 Å². The van der Waals surface area contributed by atoms with Gasteiger partial charge in [0.1, 0.15) is 6.61 Å². The van der Waals surface area contributed by atoms with Gasteiger partial charge in [-0.25, -0.2) is 4.79 Å². The van der Waals surface area contributed by atoms with Crippen molar-refractivity contribution < 1.29 is 19.4 Å². The summed E-state index contributed by atoms with van der Waals surface area (Å²) in [4.78, 5) is 23.0. The Balaban J connectivity index is 1.89. The zero-order valence-electron chi connectivity index (χ0n) is 11.5. The number of carbonyl (C=O) groups is 2. The fourth-order valence-electron chi connectivity index (χ4n) is 2.70. The number of aliphatic carboxylic acids is 1. The Morgan fingerprint density at radius 1 is 1.40 bits per heavy atom. The lowest BCUT2D eigenvalue weighted by molar-refractivity contribution is -0.143. The monoisotopic (exact) mass is 277 g/mol. The number of alkyl carbamates (subject to hydrolysis) is 1. The third kappa shape index (κ3) is 3.29. The van der Waals surface area contributed by atoms with Crippen LogP contribution in [0.5, 0.6) is 0 Å². The number of hydrogen-bond donors (Lipinski definition) is 2. The van der Waals surface area contributed by atoms with E-state index in [1.807, 2.05) is 30.3 Å². The molecule has 1 aromatic carbocycles. The molecule has 1 amide bonds. The van der Waals surface area contributed by atoms with Crippen LogP contribution in [0.4, 0.5) is 4.79 Å². The Hall–Kier alpha value is -2.04. The lowest BCUT2D eigenvalue weighted by atomic mass is 9.89. The van der Waals surface area contributed by atoms with Gasteiger partial charge in [0.15, 0.2) is 0 Å². The molecule has 1 saturated carbocycles. The summed E-state index contributed by atoms with van der Waals surface area (Å²) in [6.45, 7) is 1.95. The molecule has 0 aliphatic heterocycles. The zero-order chi connectivity index (χ0) is 14.6. The first-order chi connectivity index (χ1) is 9.51. The highest BCUT2D eigenvalue weighted by molar-refractivity contribution is 5.75. The van der Waals surface area contributed by atoms with E-state index in [0.717, 1.165) is 12.0 Å². The molecule has 5 nitrogen and oxygen atoms in total. The highest BCUT2D eigenvalue weighted by atomic mass is 16.5. The van der Waals surface area contributed by atoms with Gasteiger partial charge in [-0.3, -0.25) is 4.79 Å². The van der Waals surface area contributed by atoms with E-state index in [1.54, 1.807) is 6.92 Å². The zero-order valence-corrected chi connectivity index (χ0v) is 11.5. The lowest BCUT2D eigenvalue weighted by Crippen LogP contribution is -2.51. The summed E-state index contributed by atoms with van der Waals surface area (Å²) in [5.41, 5.74) is 0.175. The summed E-state index contributed by atoms with van der Waals surface area (Å²) in [5, 5.41) is 11.9. The van der Waals surface area contributed by atoms with Crippen LogP contribution in [0.1, 0.15) is 31.7 Å². The molecular formula is C15H19NO4. The number of nitrogens with one attached hydrogen (secondary N) is 1. The molecule has 1 aliphatic carbocycles. The van der Waals surface area contributed by atoms with Gasteiger partial charge in [-0.15, -0.1) is 0 Å². The fourth-order valence-corrected chi connectivity index (χ4v) is 2.70. The maximum absolute atomic E-state index is 11.8. The lowest BCUT2D eigenvalue weighted by Gasteiger charge is -2.29. The maximum atomic E-state index is 11.8. The third-order valence-corrected chi connectivity index (χ3v) is 3.86. The quantitative estimate of drug-likeness (QED) is 0.886. The molecule has 0 heterocycles. The van der Waals surface area contributed by atoms with Crippen molar-refractivity contribution in [2.24, 2.45) is 5.92 Å². The van der Waals surface area contributed by atoms with E-state index in [2.05, 4.69) is 5.32 Å². The molecule has 1 aromatic rings. The number of carboxylic acids is 1. The van der Waals surface area contributed by atoms with Crippen LogP contribution in [0.2, 0.25) is 0 Å². The van der Waals surface area contributed by atoms with Gasteiger partial charge in [-0.2, -0.15) is 0 Å². The second-order valence-corrected chi connectivity index (χ2v) is 5.39. The van der Waals surface area contributed by atoms with Crippen molar-refractivity contribution in [3.63, 3.8) is 0 Å². The van der Waals surface area contributed by atoms with E-state index in [4.69, 9.17) is 4.74 Å². The predicted molar refractivity (Wildman–Crippen MR) is 73.1 cm³/mol. The fraction of sp³-hybridized carbons (Fsp3) is 0.467. The first-order valence-corrected chi connectivity index (χ1v) is 6.73. The Morgan fingerprint density at radius 3 is 2.75 bits per heavy atom. The summed E-state index contributed by atoms with van der Waals surface area (Å²) in [7, 11) is 0. The first-order valence-electron chi connectivity index (χ1n) is 6.73. The molecule has 2 rings (SSSR count). The van der Waals surface area contributed by atoms with Crippen LogP contribution in [0.3, 0.4) is 0 Å². The van der Waals surface area contributed by atoms with Crippen molar-refractivity contribution >= 4 is 12.1 Å². The molecule has 5 heteroatoms. The number of carboxylic acid groups (broad SMARTS) is 1. The van der Waals surface area contributed by atoms with Crippen molar-refractivity contribution in [2.75, 3.05) is 0 Å². The van der Waals surface area contributed by atoms with E-state index in [1.165, 1.54) is 0 Å². The van der Waals surface area contributed by atoms with Crippen molar-refractivity contribution in [1.29, 1.82) is 0 Å². The SMILES string of the molecule is C[C@]1(NC(=O)OCc2ccccc2)CCC[C@H]1C(=O)O. The van der Waals surface area contributed by atoms with Crippen molar-refractivity contribution in [3.8, 4) is 0 Å². The van der Waals surface area contributed by atoms with Crippen LogP contribution in [-0.2, 0) is 16.1 Å². The third-order valence-electron chi connectivity index (χ3n) is 3.86. The molecule has 0 aromatic heterocycles. The standard InChI is InChI=1S/C15H19NO4/c1-15(9-5-8-12(15)13(17)18)16-14(19)20-10-11-6-3-2-4-7-11/h2-4,6-7,12H,5,8-10H2,1H3,(H,16,19)(H,17,18)/t12-,15-/m0/s1. The minimum Gasteiger partial charge on any atom is -0.481 e. The Bertz CT molecular complexity index is 488. The number of rotatable bonds is 4. The molecule has 2 N–H and O–H groups in total. The highest BCUT2D eigenvalue weighted by Gasteiger charge is 2.44. The molecule has 2 atom stereocenters. The van der Waals surface area contributed by atoms with Gasteiger partial charge in [-0.1, -0.05) is 36.8 Å². The molecule has 0 unspecified atom stereocenters. The van der Waals surface area contributed by atoms with Gasteiger partial charge in [0.25, 0.3) is 0 Å². The van der Waals surface area contributed by atoms with Crippen LogP contribution < -0.4 is 5.32 Å². The average Bonchev–Trinajstić information content (AvgIpc) is 2.79. The summed E-state index contributed by atoms with van der Waals surface area (Å²) in [5.74, 6) is -1.42. The van der Waals surface area contributed by atoms with Crippen molar-refractivity contribution in [2.45, 2.75) is 38.3 Å². The first kappa shape index (κ1) is 14.4. The van der Waals surface area contributed by atoms with E-state index >= 15 is 0 Å². The smallest absolute Gasteiger partial charge is 0.407 e.